The van der Waals surface area contributed by atoms with Crippen molar-refractivity contribution in [2.24, 2.45) is 0 Å². The van der Waals surface area contributed by atoms with Crippen LogP contribution in [-0.4, -0.2) is 34.4 Å². The van der Waals surface area contributed by atoms with Gasteiger partial charge < -0.3 is 19.1 Å². The highest BCUT2D eigenvalue weighted by Gasteiger charge is 2.42. The van der Waals surface area contributed by atoms with Crippen LogP contribution in [0.5, 0.6) is 0 Å². The van der Waals surface area contributed by atoms with E-state index in [1.54, 1.807) is 7.11 Å². The Hall–Kier alpha value is -1.47. The zero-order chi connectivity index (χ0) is 14.2. The van der Waals surface area contributed by atoms with E-state index < -0.39 is 23.8 Å². The number of hydrogen-bond donors (Lipinski definition) is 1. The van der Waals surface area contributed by atoms with Crippen LogP contribution >= 0.6 is 0 Å². The molecule has 1 aliphatic carbocycles. The van der Waals surface area contributed by atoms with Crippen LogP contribution in [0.15, 0.2) is 4.52 Å². The van der Waals surface area contributed by atoms with Gasteiger partial charge >= 0.3 is 5.97 Å². The van der Waals surface area contributed by atoms with Crippen LogP contribution in [0.25, 0.3) is 0 Å². The lowest BCUT2D eigenvalue weighted by Gasteiger charge is -2.22. The van der Waals surface area contributed by atoms with Crippen molar-refractivity contribution in [3.05, 3.63) is 11.7 Å². The van der Waals surface area contributed by atoms with Gasteiger partial charge in [-0.15, -0.1) is 0 Å². The Bertz CT molecular complexity index is 495. The molecule has 0 bridgehead atoms. The Morgan fingerprint density at radius 2 is 2.15 bits per heavy atom. The lowest BCUT2D eigenvalue weighted by Crippen LogP contribution is -2.26. The summed E-state index contributed by atoms with van der Waals surface area (Å²) in [6.45, 7) is 0. The third kappa shape index (κ3) is 2.20. The summed E-state index contributed by atoms with van der Waals surface area (Å²) in [6.07, 6.45) is 3.77. The van der Waals surface area contributed by atoms with Gasteiger partial charge in [-0.25, -0.2) is 4.79 Å². The third-order valence-electron chi connectivity index (χ3n) is 4.22. The van der Waals surface area contributed by atoms with Crippen LogP contribution in [0.3, 0.4) is 0 Å². The summed E-state index contributed by atoms with van der Waals surface area (Å²) >= 11 is 0. The molecule has 2 heterocycles. The summed E-state index contributed by atoms with van der Waals surface area (Å²) in [6, 6.07) is 0. The van der Waals surface area contributed by atoms with Gasteiger partial charge in [0.25, 0.3) is 5.89 Å². The van der Waals surface area contributed by atoms with Gasteiger partial charge in [0.2, 0.25) is 5.82 Å². The van der Waals surface area contributed by atoms with Gasteiger partial charge in [0.05, 0.1) is 0 Å². The van der Waals surface area contributed by atoms with E-state index in [4.69, 9.17) is 19.1 Å². The standard InChI is InChI=1S/C13H18N2O5/c1-18-13(6-2-3-7-13)12-14-10(20-15-12)8-4-5-9(19-8)11(16)17/h8-9H,2-7H2,1H3,(H,16,17). The fourth-order valence-electron chi connectivity index (χ4n) is 3.02. The quantitative estimate of drug-likeness (QED) is 0.899. The molecule has 1 aromatic heterocycles. The number of carboxylic acids is 1. The van der Waals surface area contributed by atoms with Crippen LogP contribution in [0.2, 0.25) is 0 Å². The molecule has 0 spiro atoms. The van der Waals surface area contributed by atoms with E-state index in [1.165, 1.54) is 0 Å². The summed E-state index contributed by atoms with van der Waals surface area (Å²) in [5, 5.41) is 12.9. The number of ether oxygens (including phenoxy) is 2. The molecule has 2 fully saturated rings. The predicted octanol–water partition coefficient (Wildman–Crippen LogP) is 1.79. The lowest BCUT2D eigenvalue weighted by atomic mass is 10.0. The third-order valence-corrected chi connectivity index (χ3v) is 4.22. The van der Waals surface area contributed by atoms with E-state index in [9.17, 15) is 4.79 Å². The Balaban J connectivity index is 1.76. The first-order valence-electron chi connectivity index (χ1n) is 6.92. The van der Waals surface area contributed by atoms with Gasteiger partial charge in [-0.1, -0.05) is 5.16 Å². The molecular formula is C13H18N2O5. The molecule has 1 aromatic rings. The summed E-state index contributed by atoms with van der Waals surface area (Å²) < 4.78 is 16.3. The minimum Gasteiger partial charge on any atom is -0.479 e. The van der Waals surface area contributed by atoms with Crippen molar-refractivity contribution in [2.45, 2.75) is 56.3 Å². The number of rotatable bonds is 4. The van der Waals surface area contributed by atoms with Gasteiger partial charge in [0.15, 0.2) is 6.10 Å². The maximum atomic E-state index is 10.9. The smallest absolute Gasteiger partial charge is 0.332 e. The van der Waals surface area contributed by atoms with E-state index in [-0.39, 0.29) is 0 Å². The Labute approximate surface area is 116 Å². The van der Waals surface area contributed by atoms with Crippen LogP contribution in [0, 0.1) is 0 Å². The molecule has 2 aliphatic rings. The molecule has 20 heavy (non-hydrogen) atoms. The van der Waals surface area contributed by atoms with Gasteiger partial charge in [-0.3, -0.25) is 0 Å². The highest BCUT2D eigenvalue weighted by atomic mass is 16.6. The Morgan fingerprint density at radius 1 is 1.40 bits per heavy atom. The zero-order valence-electron chi connectivity index (χ0n) is 11.4. The van der Waals surface area contributed by atoms with Gasteiger partial charge in [0, 0.05) is 7.11 Å². The lowest BCUT2D eigenvalue weighted by molar-refractivity contribution is -0.150. The number of aliphatic carboxylic acids is 1. The molecular weight excluding hydrogens is 264 g/mol. The summed E-state index contributed by atoms with van der Waals surface area (Å²) in [5.74, 6) is -0.0432. The maximum Gasteiger partial charge on any atom is 0.332 e. The van der Waals surface area contributed by atoms with E-state index in [0.29, 0.717) is 24.6 Å². The van der Waals surface area contributed by atoms with Crippen LogP contribution in [-0.2, 0) is 19.9 Å². The molecule has 1 saturated heterocycles. The van der Waals surface area contributed by atoms with E-state index in [2.05, 4.69) is 10.1 Å². The van der Waals surface area contributed by atoms with Gasteiger partial charge in [0.1, 0.15) is 11.7 Å². The van der Waals surface area contributed by atoms with Crippen molar-refractivity contribution >= 4 is 5.97 Å². The second-order valence-electron chi connectivity index (χ2n) is 5.39. The molecule has 1 saturated carbocycles. The average molecular weight is 282 g/mol. The molecule has 1 aliphatic heterocycles. The molecule has 2 atom stereocenters. The SMILES string of the molecule is COC1(c2noc(C3CCC(C(=O)O)O3)n2)CCCC1. The largest absolute Gasteiger partial charge is 0.479 e. The highest BCUT2D eigenvalue weighted by molar-refractivity contribution is 5.72. The van der Waals surface area contributed by atoms with Gasteiger partial charge in [-0.05, 0) is 38.5 Å². The molecule has 3 rings (SSSR count). The highest BCUT2D eigenvalue weighted by Crippen LogP contribution is 2.41. The van der Waals surface area contributed by atoms with Crippen LogP contribution < -0.4 is 0 Å². The Morgan fingerprint density at radius 3 is 2.75 bits per heavy atom. The zero-order valence-corrected chi connectivity index (χ0v) is 11.4. The van der Waals surface area contributed by atoms with Crippen molar-refractivity contribution in [1.29, 1.82) is 0 Å². The number of methoxy groups -OCH3 is 1. The number of hydrogen-bond acceptors (Lipinski definition) is 6. The molecule has 1 N–H and O–H groups in total. The minimum atomic E-state index is -0.948. The number of carboxylic acid groups (broad SMARTS) is 1. The van der Waals surface area contributed by atoms with Crippen molar-refractivity contribution in [3.8, 4) is 0 Å². The maximum absolute atomic E-state index is 10.9. The monoisotopic (exact) mass is 282 g/mol. The van der Waals surface area contributed by atoms with Crippen LogP contribution in [0.4, 0.5) is 0 Å². The number of carbonyl (C=O) groups is 1. The van der Waals surface area contributed by atoms with Crippen LogP contribution in [0.1, 0.15) is 56.3 Å². The number of aromatic nitrogens is 2. The molecule has 7 nitrogen and oxygen atoms in total. The first-order chi connectivity index (χ1) is 9.64. The van der Waals surface area contributed by atoms with Crippen molar-refractivity contribution in [1.82, 2.24) is 10.1 Å². The normalized spacial score (nSPS) is 28.9. The molecule has 0 amide bonds. The molecule has 0 radical (unpaired) electrons. The second-order valence-corrected chi connectivity index (χ2v) is 5.39. The molecule has 110 valence electrons. The van der Waals surface area contributed by atoms with Crippen molar-refractivity contribution in [2.75, 3.05) is 7.11 Å². The van der Waals surface area contributed by atoms with Crippen molar-refractivity contribution < 1.29 is 23.9 Å². The summed E-state index contributed by atoms with van der Waals surface area (Å²) in [7, 11) is 1.66. The summed E-state index contributed by atoms with van der Waals surface area (Å²) in [4.78, 5) is 15.3. The second kappa shape index (κ2) is 5.14. The van der Waals surface area contributed by atoms with E-state index in [1.807, 2.05) is 0 Å². The minimum absolute atomic E-state index is 0.354. The van der Waals surface area contributed by atoms with E-state index >= 15 is 0 Å². The fourth-order valence-corrected chi connectivity index (χ4v) is 3.02. The van der Waals surface area contributed by atoms with Gasteiger partial charge in [-0.2, -0.15) is 4.98 Å². The predicted molar refractivity (Wildman–Crippen MR) is 65.9 cm³/mol. The molecule has 0 aromatic carbocycles. The van der Waals surface area contributed by atoms with E-state index in [0.717, 1.165) is 25.7 Å². The number of nitrogens with zero attached hydrogens (tertiary/aromatic N) is 2. The van der Waals surface area contributed by atoms with Crippen molar-refractivity contribution in [3.63, 3.8) is 0 Å². The molecule has 2 unspecified atom stereocenters. The first kappa shape index (κ1) is 13.5. The molecule has 7 heteroatoms. The Kier molecular flexibility index (Phi) is 3.47. The topological polar surface area (TPSA) is 94.7 Å². The fraction of sp³-hybridized carbons (Fsp3) is 0.769. The average Bonchev–Trinajstić information content (AvgIpc) is 3.18. The first-order valence-corrected chi connectivity index (χ1v) is 6.92. The summed E-state index contributed by atoms with van der Waals surface area (Å²) in [5.41, 5.74) is -0.452.